The topological polar surface area (TPSA) is 73.2 Å². The minimum absolute atomic E-state index is 0.113. The number of rotatable bonds is 2. The van der Waals surface area contributed by atoms with Crippen LogP contribution in [0.1, 0.15) is 39.8 Å². The van der Waals surface area contributed by atoms with Gasteiger partial charge in [0.25, 0.3) is 0 Å². The Morgan fingerprint density at radius 1 is 1.48 bits per heavy atom. The summed E-state index contributed by atoms with van der Waals surface area (Å²) in [5, 5.41) is 7.83. The molecule has 1 aromatic heterocycles. The highest BCUT2D eigenvalue weighted by molar-refractivity contribution is 8.14. The standard InChI is InChI=1S/C16H23N3O3S/c1-11(20)23-14-5-7-17-10-12(14)9-13-6-8-19(18-13)15(21)22-16(2,3)4/h6,8-9,14,17H,5,7,10H2,1-4H3/b12-9+. The number of carbonyl (C=O) groups is 2. The maximum absolute atomic E-state index is 12.0. The van der Waals surface area contributed by atoms with E-state index in [0.717, 1.165) is 25.1 Å². The fraction of sp³-hybridized carbons (Fsp3) is 0.562. The number of hydrogen-bond donors (Lipinski definition) is 1. The van der Waals surface area contributed by atoms with Gasteiger partial charge >= 0.3 is 6.09 Å². The number of ether oxygens (including phenoxy) is 1. The van der Waals surface area contributed by atoms with Crippen LogP contribution in [0, 0.1) is 0 Å². The van der Waals surface area contributed by atoms with Crippen LogP contribution in [0.4, 0.5) is 4.79 Å². The normalized spacial score (nSPS) is 20.5. The van der Waals surface area contributed by atoms with E-state index in [0.29, 0.717) is 5.69 Å². The van der Waals surface area contributed by atoms with Gasteiger partial charge in [0.15, 0.2) is 5.12 Å². The lowest BCUT2D eigenvalue weighted by molar-refractivity contribution is -0.109. The summed E-state index contributed by atoms with van der Waals surface area (Å²) in [5.74, 6) is 0. The maximum atomic E-state index is 12.0. The van der Waals surface area contributed by atoms with Crippen LogP contribution < -0.4 is 5.32 Å². The first-order chi connectivity index (χ1) is 10.7. The Bertz CT molecular complexity index is 616. The zero-order valence-corrected chi connectivity index (χ0v) is 14.8. The second-order valence-corrected chi connectivity index (χ2v) is 7.83. The molecule has 23 heavy (non-hydrogen) atoms. The third-order valence-electron chi connectivity index (χ3n) is 3.16. The van der Waals surface area contributed by atoms with E-state index in [2.05, 4.69) is 10.4 Å². The van der Waals surface area contributed by atoms with Crippen LogP contribution >= 0.6 is 11.8 Å². The molecular weight excluding hydrogens is 314 g/mol. The second kappa shape index (κ2) is 7.31. The Morgan fingerprint density at radius 3 is 2.87 bits per heavy atom. The minimum Gasteiger partial charge on any atom is -0.442 e. The molecule has 0 bridgehead atoms. The number of piperidine rings is 1. The first kappa shape index (κ1) is 17.7. The van der Waals surface area contributed by atoms with Gasteiger partial charge in [-0.3, -0.25) is 4.79 Å². The van der Waals surface area contributed by atoms with Gasteiger partial charge in [-0.2, -0.15) is 9.78 Å². The molecule has 1 N–H and O–H groups in total. The molecule has 1 aromatic rings. The Kier molecular flexibility index (Phi) is 5.64. The van der Waals surface area contributed by atoms with Crippen molar-refractivity contribution in [1.82, 2.24) is 15.1 Å². The molecule has 1 atom stereocenters. The summed E-state index contributed by atoms with van der Waals surface area (Å²) in [6.45, 7) is 8.65. The number of thioether (sulfide) groups is 1. The number of nitrogens with one attached hydrogen (secondary N) is 1. The van der Waals surface area contributed by atoms with Crippen LogP contribution in [0.3, 0.4) is 0 Å². The monoisotopic (exact) mass is 337 g/mol. The Hall–Kier alpha value is -1.60. The van der Waals surface area contributed by atoms with E-state index in [1.807, 2.05) is 26.8 Å². The Morgan fingerprint density at radius 2 is 2.22 bits per heavy atom. The van der Waals surface area contributed by atoms with Crippen LogP contribution in [-0.4, -0.2) is 44.9 Å². The molecule has 6 nitrogen and oxygen atoms in total. The summed E-state index contributed by atoms with van der Waals surface area (Å²) >= 11 is 1.35. The third kappa shape index (κ3) is 5.51. The van der Waals surface area contributed by atoms with E-state index >= 15 is 0 Å². The van der Waals surface area contributed by atoms with Crippen molar-refractivity contribution in [3.63, 3.8) is 0 Å². The average molecular weight is 337 g/mol. The fourth-order valence-electron chi connectivity index (χ4n) is 2.26. The molecule has 1 aliphatic rings. The fourth-order valence-corrected chi connectivity index (χ4v) is 3.20. The summed E-state index contributed by atoms with van der Waals surface area (Å²) in [6, 6.07) is 1.76. The lowest BCUT2D eigenvalue weighted by Crippen LogP contribution is -2.32. The first-order valence-electron chi connectivity index (χ1n) is 7.62. The largest absolute Gasteiger partial charge is 0.442 e. The van der Waals surface area contributed by atoms with Gasteiger partial charge in [0.1, 0.15) is 5.60 Å². The molecule has 1 saturated heterocycles. The van der Waals surface area contributed by atoms with Crippen molar-refractivity contribution in [2.24, 2.45) is 0 Å². The van der Waals surface area contributed by atoms with Gasteiger partial charge in [-0.1, -0.05) is 11.8 Å². The summed E-state index contributed by atoms with van der Waals surface area (Å²) in [6.07, 6.45) is 3.93. The van der Waals surface area contributed by atoms with Crippen LogP contribution in [0.5, 0.6) is 0 Å². The van der Waals surface area contributed by atoms with Crippen molar-refractivity contribution >= 4 is 29.0 Å². The number of nitrogens with zero attached hydrogens (tertiary/aromatic N) is 2. The average Bonchev–Trinajstić information content (AvgIpc) is 2.87. The quantitative estimate of drug-likeness (QED) is 0.894. The molecule has 2 rings (SSSR count). The van der Waals surface area contributed by atoms with Crippen LogP contribution in [0.15, 0.2) is 17.8 Å². The molecule has 0 aliphatic carbocycles. The SMILES string of the molecule is CC(=O)SC1CCNC/C1=C\c1ccn(C(=O)OC(C)(C)C)n1. The van der Waals surface area contributed by atoms with E-state index in [1.165, 1.54) is 16.4 Å². The van der Waals surface area contributed by atoms with E-state index in [9.17, 15) is 9.59 Å². The molecule has 7 heteroatoms. The molecule has 1 unspecified atom stereocenters. The minimum atomic E-state index is -0.557. The van der Waals surface area contributed by atoms with E-state index < -0.39 is 11.7 Å². The number of carbonyl (C=O) groups excluding carboxylic acids is 2. The Balaban J connectivity index is 2.12. The molecule has 0 spiro atoms. The lowest BCUT2D eigenvalue weighted by atomic mass is 10.0. The van der Waals surface area contributed by atoms with Gasteiger partial charge in [-0.05, 0) is 51.5 Å². The zero-order valence-electron chi connectivity index (χ0n) is 14.0. The Labute approximate surface area is 140 Å². The molecule has 1 fully saturated rings. The van der Waals surface area contributed by atoms with Gasteiger partial charge < -0.3 is 10.1 Å². The molecule has 1 aliphatic heterocycles. The highest BCUT2D eigenvalue weighted by atomic mass is 32.2. The summed E-state index contributed by atoms with van der Waals surface area (Å²) in [7, 11) is 0. The van der Waals surface area contributed by atoms with Crippen molar-refractivity contribution in [3.05, 3.63) is 23.5 Å². The van der Waals surface area contributed by atoms with Gasteiger partial charge in [-0.25, -0.2) is 4.79 Å². The van der Waals surface area contributed by atoms with E-state index in [1.54, 1.807) is 19.2 Å². The summed E-state index contributed by atoms with van der Waals surface area (Å²) in [4.78, 5) is 23.3. The van der Waals surface area contributed by atoms with E-state index in [-0.39, 0.29) is 10.4 Å². The van der Waals surface area contributed by atoms with Crippen molar-refractivity contribution in [2.45, 2.75) is 45.0 Å². The first-order valence-corrected chi connectivity index (χ1v) is 8.50. The van der Waals surface area contributed by atoms with Gasteiger partial charge in [0.2, 0.25) is 0 Å². The number of aromatic nitrogens is 2. The van der Waals surface area contributed by atoms with Gasteiger partial charge in [0.05, 0.1) is 5.69 Å². The molecule has 0 aromatic carbocycles. The van der Waals surface area contributed by atoms with Gasteiger partial charge in [-0.15, -0.1) is 0 Å². The van der Waals surface area contributed by atoms with Crippen molar-refractivity contribution < 1.29 is 14.3 Å². The molecular formula is C16H23N3O3S. The number of hydrogen-bond acceptors (Lipinski definition) is 6. The zero-order chi connectivity index (χ0) is 17.0. The second-order valence-electron chi connectivity index (χ2n) is 6.45. The summed E-state index contributed by atoms with van der Waals surface area (Å²) < 4.78 is 6.48. The van der Waals surface area contributed by atoms with E-state index in [4.69, 9.17) is 4.74 Å². The predicted molar refractivity (Wildman–Crippen MR) is 91.4 cm³/mol. The van der Waals surface area contributed by atoms with Crippen molar-refractivity contribution in [3.8, 4) is 0 Å². The smallest absolute Gasteiger partial charge is 0.435 e. The molecule has 0 saturated carbocycles. The van der Waals surface area contributed by atoms with Crippen molar-refractivity contribution in [2.75, 3.05) is 13.1 Å². The molecule has 0 radical (unpaired) electrons. The molecule has 0 amide bonds. The molecule has 2 heterocycles. The van der Waals surface area contributed by atoms with Crippen LogP contribution in [-0.2, 0) is 9.53 Å². The van der Waals surface area contributed by atoms with Crippen molar-refractivity contribution in [1.29, 1.82) is 0 Å². The van der Waals surface area contributed by atoms with Crippen LogP contribution in [0.25, 0.3) is 6.08 Å². The highest BCUT2D eigenvalue weighted by Crippen LogP contribution is 2.26. The maximum Gasteiger partial charge on any atom is 0.435 e. The van der Waals surface area contributed by atoms with Crippen LogP contribution in [0.2, 0.25) is 0 Å². The van der Waals surface area contributed by atoms with Gasteiger partial charge in [0, 0.05) is 24.9 Å². The third-order valence-corrected chi connectivity index (χ3v) is 4.31. The molecule has 126 valence electrons. The summed E-state index contributed by atoms with van der Waals surface area (Å²) in [5.41, 5.74) is 1.24. The predicted octanol–water partition coefficient (Wildman–Crippen LogP) is 2.69. The lowest BCUT2D eigenvalue weighted by Gasteiger charge is -2.24. The highest BCUT2D eigenvalue weighted by Gasteiger charge is 2.22.